The van der Waals surface area contributed by atoms with Gasteiger partial charge in [-0.1, -0.05) is 66.7 Å². The zero-order valence-electron chi connectivity index (χ0n) is 16.2. The highest BCUT2D eigenvalue weighted by Crippen LogP contribution is 2.30. The van der Waals surface area contributed by atoms with Crippen LogP contribution in [0, 0.1) is 0 Å². The van der Waals surface area contributed by atoms with Crippen molar-refractivity contribution in [3.8, 4) is 11.5 Å². The van der Waals surface area contributed by atoms with Crippen LogP contribution >= 0.6 is 0 Å². The Labute approximate surface area is 173 Å². The molecule has 3 rings (SSSR count). The van der Waals surface area contributed by atoms with Gasteiger partial charge in [0.1, 0.15) is 0 Å². The topological polar surface area (TPSA) is 44.8 Å². The molecule has 0 fully saturated rings. The van der Waals surface area contributed by atoms with E-state index in [0.29, 0.717) is 5.56 Å². The summed E-state index contributed by atoms with van der Waals surface area (Å²) in [7, 11) is 1.35. The summed E-state index contributed by atoms with van der Waals surface area (Å²) in [5, 5.41) is 0. The zero-order valence-corrected chi connectivity index (χ0v) is 16.2. The van der Waals surface area contributed by atoms with E-state index in [2.05, 4.69) is 4.74 Å². The van der Waals surface area contributed by atoms with Crippen LogP contribution in [0.4, 0.5) is 8.78 Å². The molecule has 0 saturated heterocycles. The van der Waals surface area contributed by atoms with Gasteiger partial charge in [-0.3, -0.25) is 0 Å². The van der Waals surface area contributed by atoms with Crippen LogP contribution in [0.1, 0.15) is 22.8 Å². The number of carbonyl (C=O) groups excluding carboxylic acids is 1. The molecule has 0 amide bonds. The van der Waals surface area contributed by atoms with Gasteiger partial charge in [0.25, 0.3) is 0 Å². The number of methoxy groups -OCH3 is 1. The van der Waals surface area contributed by atoms with Gasteiger partial charge in [0.15, 0.2) is 17.6 Å². The molecule has 0 aliphatic rings. The van der Waals surface area contributed by atoms with Crippen LogP contribution in [-0.2, 0) is 9.53 Å². The Hall–Kier alpha value is -3.67. The molecule has 0 saturated carbocycles. The Bertz CT molecular complexity index is 949. The predicted octanol–water partition coefficient (Wildman–Crippen LogP) is 5.64. The normalized spacial score (nSPS) is 11.1. The van der Waals surface area contributed by atoms with Crippen molar-refractivity contribution in [3.63, 3.8) is 0 Å². The molecule has 0 heterocycles. The van der Waals surface area contributed by atoms with Crippen molar-refractivity contribution in [2.24, 2.45) is 0 Å². The molecule has 3 aromatic rings. The van der Waals surface area contributed by atoms with E-state index in [1.165, 1.54) is 37.5 Å². The van der Waals surface area contributed by atoms with Gasteiger partial charge in [-0.25, -0.2) is 4.79 Å². The maximum Gasteiger partial charge on any atom is 0.387 e. The quantitative estimate of drug-likeness (QED) is 0.356. The fourth-order valence-electron chi connectivity index (χ4n) is 2.89. The molecule has 3 aromatic carbocycles. The fraction of sp³-hybridized carbons (Fsp3) is 0.125. The summed E-state index contributed by atoms with van der Waals surface area (Å²) < 4.78 is 40.0. The second kappa shape index (κ2) is 10.2. The second-order valence-electron chi connectivity index (χ2n) is 6.26. The Morgan fingerprint density at radius 2 is 1.47 bits per heavy atom. The number of ether oxygens (including phenoxy) is 3. The minimum atomic E-state index is -2.96. The molecule has 0 spiro atoms. The Kier molecular flexibility index (Phi) is 7.16. The SMILES string of the molecule is COc1cc(/C=C/C(=O)OC(c2ccccc2)c2ccccc2)ccc1OC(F)F. The average Bonchev–Trinajstić information content (AvgIpc) is 2.77. The largest absolute Gasteiger partial charge is 0.493 e. The lowest BCUT2D eigenvalue weighted by Crippen LogP contribution is -2.10. The van der Waals surface area contributed by atoms with Gasteiger partial charge in [-0.15, -0.1) is 0 Å². The third-order valence-electron chi connectivity index (χ3n) is 4.25. The van der Waals surface area contributed by atoms with E-state index in [0.717, 1.165) is 11.1 Å². The summed E-state index contributed by atoms with van der Waals surface area (Å²) in [6.45, 7) is -2.96. The van der Waals surface area contributed by atoms with Crippen molar-refractivity contribution in [2.75, 3.05) is 7.11 Å². The molecule has 0 bridgehead atoms. The number of rotatable bonds is 8. The van der Waals surface area contributed by atoms with Gasteiger partial charge in [-0.05, 0) is 34.9 Å². The molecule has 0 aliphatic heterocycles. The van der Waals surface area contributed by atoms with Gasteiger partial charge >= 0.3 is 12.6 Å². The van der Waals surface area contributed by atoms with Gasteiger partial charge in [0.05, 0.1) is 7.11 Å². The molecular formula is C24H20F2O4. The Morgan fingerprint density at radius 1 is 0.867 bits per heavy atom. The first-order valence-corrected chi connectivity index (χ1v) is 9.18. The van der Waals surface area contributed by atoms with E-state index in [1.807, 2.05) is 60.7 Å². The van der Waals surface area contributed by atoms with Crippen LogP contribution in [0.5, 0.6) is 11.5 Å². The highest BCUT2D eigenvalue weighted by atomic mass is 19.3. The van der Waals surface area contributed by atoms with Crippen LogP contribution in [0.25, 0.3) is 6.08 Å². The van der Waals surface area contributed by atoms with Crippen LogP contribution in [0.3, 0.4) is 0 Å². The predicted molar refractivity (Wildman–Crippen MR) is 109 cm³/mol. The van der Waals surface area contributed by atoms with Gasteiger partial charge < -0.3 is 14.2 Å². The van der Waals surface area contributed by atoms with Crippen LogP contribution in [0.2, 0.25) is 0 Å². The van der Waals surface area contributed by atoms with E-state index < -0.39 is 18.7 Å². The van der Waals surface area contributed by atoms with Crippen LogP contribution in [0.15, 0.2) is 84.9 Å². The summed E-state index contributed by atoms with van der Waals surface area (Å²) in [5.74, 6) is -0.489. The van der Waals surface area contributed by atoms with E-state index in [1.54, 1.807) is 0 Å². The molecule has 0 N–H and O–H groups in total. The highest BCUT2D eigenvalue weighted by Gasteiger charge is 2.17. The summed E-state index contributed by atoms with van der Waals surface area (Å²) in [6, 6.07) is 23.2. The first kappa shape index (κ1) is 21.0. The lowest BCUT2D eigenvalue weighted by Gasteiger charge is -2.18. The second-order valence-corrected chi connectivity index (χ2v) is 6.26. The van der Waals surface area contributed by atoms with E-state index >= 15 is 0 Å². The van der Waals surface area contributed by atoms with E-state index in [4.69, 9.17) is 9.47 Å². The standard InChI is InChI=1S/C24H20F2O4/c1-28-21-16-17(12-14-20(21)29-24(25)26)13-15-22(27)30-23(18-8-4-2-5-9-18)19-10-6-3-7-11-19/h2-16,23-24H,1H3/b15-13+. The number of carbonyl (C=O) groups is 1. The summed E-state index contributed by atoms with van der Waals surface area (Å²) >= 11 is 0. The number of esters is 1. The Balaban J connectivity index is 1.76. The summed E-state index contributed by atoms with van der Waals surface area (Å²) in [4.78, 5) is 12.5. The van der Waals surface area contributed by atoms with E-state index in [9.17, 15) is 13.6 Å². The molecule has 0 unspecified atom stereocenters. The zero-order chi connectivity index (χ0) is 21.3. The van der Waals surface area contributed by atoms with Gasteiger partial charge in [-0.2, -0.15) is 8.78 Å². The van der Waals surface area contributed by atoms with Crippen molar-refractivity contribution in [1.29, 1.82) is 0 Å². The van der Waals surface area contributed by atoms with Crippen molar-refractivity contribution in [1.82, 2.24) is 0 Å². The lowest BCUT2D eigenvalue weighted by atomic mass is 10.0. The van der Waals surface area contributed by atoms with E-state index in [-0.39, 0.29) is 11.5 Å². The highest BCUT2D eigenvalue weighted by molar-refractivity contribution is 5.87. The average molecular weight is 410 g/mol. The molecule has 0 radical (unpaired) electrons. The lowest BCUT2D eigenvalue weighted by molar-refractivity contribution is -0.141. The maximum atomic E-state index is 12.5. The molecule has 154 valence electrons. The minimum absolute atomic E-state index is 0.0829. The van der Waals surface area contributed by atoms with Crippen molar-refractivity contribution in [3.05, 3.63) is 102 Å². The van der Waals surface area contributed by atoms with Crippen molar-refractivity contribution < 1.29 is 27.8 Å². The Morgan fingerprint density at radius 3 is 2.00 bits per heavy atom. The molecule has 0 aliphatic carbocycles. The maximum absolute atomic E-state index is 12.5. The molecule has 0 atom stereocenters. The molecule has 6 heteroatoms. The third kappa shape index (κ3) is 5.67. The number of halogens is 2. The van der Waals surface area contributed by atoms with Crippen LogP contribution in [-0.4, -0.2) is 19.7 Å². The monoisotopic (exact) mass is 410 g/mol. The first-order valence-electron chi connectivity index (χ1n) is 9.18. The van der Waals surface area contributed by atoms with Gasteiger partial charge in [0, 0.05) is 6.08 Å². The molecule has 4 nitrogen and oxygen atoms in total. The summed E-state index contributed by atoms with van der Waals surface area (Å²) in [5.41, 5.74) is 2.27. The molecule has 0 aromatic heterocycles. The number of benzene rings is 3. The molecular weight excluding hydrogens is 390 g/mol. The third-order valence-corrected chi connectivity index (χ3v) is 4.25. The minimum Gasteiger partial charge on any atom is -0.493 e. The number of hydrogen-bond donors (Lipinski definition) is 0. The smallest absolute Gasteiger partial charge is 0.387 e. The van der Waals surface area contributed by atoms with Gasteiger partial charge in [0.2, 0.25) is 0 Å². The summed E-state index contributed by atoms with van der Waals surface area (Å²) in [6.07, 6.45) is 2.24. The molecule has 30 heavy (non-hydrogen) atoms. The number of alkyl halides is 2. The number of hydrogen-bond acceptors (Lipinski definition) is 4. The van der Waals surface area contributed by atoms with Crippen molar-refractivity contribution in [2.45, 2.75) is 12.7 Å². The first-order chi connectivity index (χ1) is 14.6. The fourth-order valence-corrected chi connectivity index (χ4v) is 2.89. The van der Waals surface area contributed by atoms with Crippen LogP contribution < -0.4 is 9.47 Å². The van der Waals surface area contributed by atoms with Crippen molar-refractivity contribution >= 4 is 12.0 Å².